The van der Waals surface area contributed by atoms with Crippen molar-refractivity contribution in [2.24, 2.45) is 0 Å². The minimum atomic E-state index is 0.401. The predicted octanol–water partition coefficient (Wildman–Crippen LogP) is 5.25. The van der Waals surface area contributed by atoms with E-state index in [2.05, 4.69) is 53.3 Å². The number of methoxy groups -OCH3 is 1. The molecule has 0 saturated heterocycles. The van der Waals surface area contributed by atoms with Gasteiger partial charge in [-0.1, -0.05) is 22.9 Å². The van der Waals surface area contributed by atoms with E-state index in [0.717, 1.165) is 23.2 Å². The molecule has 1 unspecified atom stereocenters. The zero-order chi connectivity index (χ0) is 14.5. The van der Waals surface area contributed by atoms with Gasteiger partial charge >= 0.3 is 0 Å². The molecule has 2 rings (SSSR count). The van der Waals surface area contributed by atoms with E-state index >= 15 is 0 Å². The van der Waals surface area contributed by atoms with E-state index in [1.165, 1.54) is 15.3 Å². The molecule has 2 aromatic rings. The number of rotatable bonds is 6. The third-order valence-electron chi connectivity index (χ3n) is 3.19. The van der Waals surface area contributed by atoms with Crippen LogP contribution in [0.25, 0.3) is 10.4 Å². The van der Waals surface area contributed by atoms with Crippen molar-refractivity contribution in [1.29, 1.82) is 0 Å². The number of benzene rings is 1. The van der Waals surface area contributed by atoms with Gasteiger partial charge in [-0.3, -0.25) is 0 Å². The quantitative estimate of drug-likeness (QED) is 0.765. The minimum absolute atomic E-state index is 0.401. The van der Waals surface area contributed by atoms with Gasteiger partial charge in [0.1, 0.15) is 5.75 Å². The molecule has 0 saturated carbocycles. The van der Waals surface area contributed by atoms with Crippen molar-refractivity contribution in [2.45, 2.75) is 26.3 Å². The fourth-order valence-electron chi connectivity index (χ4n) is 2.01. The third-order valence-corrected chi connectivity index (χ3v) is 5.19. The first kappa shape index (κ1) is 15.5. The summed E-state index contributed by atoms with van der Waals surface area (Å²) in [5.74, 6) is 0.885. The molecule has 1 aromatic heterocycles. The molecular formula is C16H20BrNOS. The van der Waals surface area contributed by atoms with Crippen LogP contribution >= 0.6 is 27.3 Å². The summed E-state index contributed by atoms with van der Waals surface area (Å²) in [7, 11) is 1.70. The second-order valence-electron chi connectivity index (χ2n) is 4.72. The van der Waals surface area contributed by atoms with Crippen LogP contribution < -0.4 is 10.1 Å². The lowest BCUT2D eigenvalue weighted by atomic mass is 10.2. The smallest absolute Gasteiger partial charge is 0.119 e. The van der Waals surface area contributed by atoms with Crippen LogP contribution in [0.5, 0.6) is 5.75 Å². The van der Waals surface area contributed by atoms with Crippen molar-refractivity contribution >= 4 is 27.3 Å². The molecule has 0 amide bonds. The lowest BCUT2D eigenvalue weighted by Gasteiger charge is -2.10. The number of nitrogens with one attached hydrogen (secondary N) is 1. The molecule has 0 aliphatic heterocycles. The number of ether oxygens (including phenoxy) is 1. The summed E-state index contributed by atoms with van der Waals surface area (Å²) >= 11 is 5.45. The first-order chi connectivity index (χ1) is 9.65. The first-order valence-electron chi connectivity index (χ1n) is 6.82. The van der Waals surface area contributed by atoms with Gasteiger partial charge in [0.05, 0.1) is 7.11 Å². The molecule has 1 N–H and O–H groups in total. The third kappa shape index (κ3) is 3.62. The van der Waals surface area contributed by atoms with Crippen molar-refractivity contribution in [3.8, 4) is 16.2 Å². The van der Waals surface area contributed by atoms with Gasteiger partial charge in [-0.2, -0.15) is 0 Å². The summed E-state index contributed by atoms with van der Waals surface area (Å²) in [5.41, 5.74) is 1.18. The van der Waals surface area contributed by atoms with Crippen molar-refractivity contribution in [2.75, 3.05) is 13.7 Å². The average Bonchev–Trinajstić information content (AvgIpc) is 2.95. The SMILES string of the molecule is CCCNC(C)c1ccc(-c2cc(OC)ccc2Br)s1. The number of hydrogen-bond acceptors (Lipinski definition) is 3. The Morgan fingerprint density at radius 3 is 2.80 bits per heavy atom. The molecule has 0 bridgehead atoms. The molecule has 4 heteroatoms. The van der Waals surface area contributed by atoms with Gasteiger partial charge in [-0.15, -0.1) is 11.3 Å². The Kier molecular flexibility index (Phi) is 5.64. The van der Waals surface area contributed by atoms with E-state index in [9.17, 15) is 0 Å². The van der Waals surface area contributed by atoms with Gasteiger partial charge in [-0.25, -0.2) is 0 Å². The van der Waals surface area contributed by atoms with Crippen molar-refractivity contribution < 1.29 is 4.74 Å². The normalized spacial score (nSPS) is 12.4. The van der Waals surface area contributed by atoms with Gasteiger partial charge in [0.25, 0.3) is 0 Å². The Labute approximate surface area is 133 Å². The van der Waals surface area contributed by atoms with Crippen LogP contribution in [0.3, 0.4) is 0 Å². The van der Waals surface area contributed by atoms with Crippen molar-refractivity contribution in [1.82, 2.24) is 5.32 Å². The Balaban J connectivity index is 2.24. The number of halogens is 1. The molecule has 108 valence electrons. The van der Waals surface area contributed by atoms with Crippen LogP contribution in [-0.2, 0) is 0 Å². The predicted molar refractivity (Wildman–Crippen MR) is 90.7 cm³/mol. The van der Waals surface area contributed by atoms with Crippen LogP contribution in [-0.4, -0.2) is 13.7 Å². The molecule has 0 spiro atoms. The molecule has 0 fully saturated rings. The molecular weight excluding hydrogens is 334 g/mol. The van der Waals surface area contributed by atoms with Gasteiger partial charge < -0.3 is 10.1 Å². The van der Waals surface area contributed by atoms with Gasteiger partial charge in [0, 0.05) is 25.8 Å². The highest BCUT2D eigenvalue weighted by Gasteiger charge is 2.11. The summed E-state index contributed by atoms with van der Waals surface area (Å²) in [6.45, 7) is 5.45. The largest absolute Gasteiger partial charge is 0.497 e. The standard InChI is InChI=1S/C16H20BrNOS/c1-4-9-18-11(2)15-7-8-16(20-15)13-10-12(19-3)5-6-14(13)17/h5-8,10-11,18H,4,9H2,1-3H3. The highest BCUT2D eigenvalue weighted by molar-refractivity contribution is 9.10. The monoisotopic (exact) mass is 353 g/mol. The maximum atomic E-state index is 5.31. The van der Waals surface area contributed by atoms with E-state index in [4.69, 9.17) is 4.74 Å². The molecule has 0 aliphatic rings. The minimum Gasteiger partial charge on any atom is -0.497 e. The maximum Gasteiger partial charge on any atom is 0.119 e. The topological polar surface area (TPSA) is 21.3 Å². The van der Waals surface area contributed by atoms with Crippen LogP contribution in [0.4, 0.5) is 0 Å². The molecule has 0 radical (unpaired) electrons. The Morgan fingerprint density at radius 1 is 1.30 bits per heavy atom. The lowest BCUT2D eigenvalue weighted by molar-refractivity contribution is 0.415. The number of hydrogen-bond donors (Lipinski definition) is 1. The highest BCUT2D eigenvalue weighted by atomic mass is 79.9. The average molecular weight is 354 g/mol. The Morgan fingerprint density at radius 2 is 2.10 bits per heavy atom. The van der Waals surface area contributed by atoms with Crippen molar-refractivity contribution in [3.63, 3.8) is 0 Å². The van der Waals surface area contributed by atoms with E-state index < -0.39 is 0 Å². The van der Waals surface area contributed by atoms with Crippen LogP contribution in [0.1, 0.15) is 31.2 Å². The summed E-state index contributed by atoms with van der Waals surface area (Å²) in [5, 5.41) is 3.52. The molecule has 0 aliphatic carbocycles. The molecule has 1 atom stereocenters. The fraction of sp³-hybridized carbons (Fsp3) is 0.375. The lowest BCUT2D eigenvalue weighted by Crippen LogP contribution is -2.18. The van der Waals surface area contributed by atoms with Crippen LogP contribution in [0, 0.1) is 0 Å². The summed E-state index contributed by atoms with van der Waals surface area (Å²) < 4.78 is 6.41. The van der Waals surface area contributed by atoms with E-state index in [1.54, 1.807) is 7.11 Å². The fourth-order valence-corrected chi connectivity index (χ4v) is 3.67. The first-order valence-corrected chi connectivity index (χ1v) is 8.43. The number of thiophene rings is 1. The van der Waals surface area contributed by atoms with E-state index in [-0.39, 0.29) is 0 Å². The molecule has 2 nitrogen and oxygen atoms in total. The van der Waals surface area contributed by atoms with Crippen LogP contribution in [0.15, 0.2) is 34.8 Å². The van der Waals surface area contributed by atoms with Gasteiger partial charge in [0.15, 0.2) is 0 Å². The maximum absolute atomic E-state index is 5.31. The molecule has 1 aromatic carbocycles. The van der Waals surface area contributed by atoms with Crippen molar-refractivity contribution in [3.05, 3.63) is 39.7 Å². The van der Waals surface area contributed by atoms with Gasteiger partial charge in [-0.05, 0) is 50.2 Å². The van der Waals surface area contributed by atoms with E-state index in [0.29, 0.717) is 6.04 Å². The highest BCUT2D eigenvalue weighted by Crippen LogP contribution is 2.37. The van der Waals surface area contributed by atoms with Gasteiger partial charge in [0.2, 0.25) is 0 Å². The molecule has 1 heterocycles. The van der Waals surface area contributed by atoms with E-state index in [1.807, 2.05) is 23.5 Å². The van der Waals surface area contributed by atoms with Crippen LogP contribution in [0.2, 0.25) is 0 Å². The second-order valence-corrected chi connectivity index (χ2v) is 6.69. The summed E-state index contributed by atoms with van der Waals surface area (Å²) in [4.78, 5) is 2.62. The molecule has 20 heavy (non-hydrogen) atoms. The summed E-state index contributed by atoms with van der Waals surface area (Å²) in [6.07, 6.45) is 1.16. The second kappa shape index (κ2) is 7.25. The zero-order valence-corrected chi connectivity index (χ0v) is 14.5. The summed E-state index contributed by atoms with van der Waals surface area (Å²) in [6, 6.07) is 10.9. The Hall–Kier alpha value is -0.840. The zero-order valence-electron chi connectivity index (χ0n) is 12.1. The Bertz CT molecular complexity index is 567.